The summed E-state index contributed by atoms with van der Waals surface area (Å²) < 4.78 is 35.3. The van der Waals surface area contributed by atoms with Crippen molar-refractivity contribution in [2.75, 3.05) is 6.61 Å². The second-order valence-electron chi connectivity index (χ2n) is 1.93. The van der Waals surface area contributed by atoms with Crippen molar-refractivity contribution in [1.82, 2.24) is 0 Å². The molecule has 0 saturated carbocycles. The molecule has 0 aromatic rings. The zero-order valence-electron chi connectivity index (χ0n) is 5.93. The number of halogens is 3. The molecule has 0 aliphatic rings. The SMILES string of the molecule is O=C(O)C(=CCCO)C(F)(F)F. The Kier molecular flexibility index (Phi) is 3.75. The lowest BCUT2D eigenvalue weighted by Gasteiger charge is -2.05. The molecule has 3 nitrogen and oxygen atoms in total. The molecule has 0 aromatic carbocycles. The van der Waals surface area contributed by atoms with Crippen LogP contribution >= 0.6 is 0 Å². The van der Waals surface area contributed by atoms with Crippen LogP contribution in [0.5, 0.6) is 0 Å². The first kappa shape index (κ1) is 11.0. The third kappa shape index (κ3) is 3.38. The molecule has 6 heteroatoms. The highest BCUT2D eigenvalue weighted by atomic mass is 19.4. The number of rotatable bonds is 3. The number of aliphatic hydroxyl groups is 1. The highest BCUT2D eigenvalue weighted by Crippen LogP contribution is 2.25. The van der Waals surface area contributed by atoms with Gasteiger partial charge in [0.05, 0.1) is 0 Å². The molecule has 0 spiro atoms. The summed E-state index contributed by atoms with van der Waals surface area (Å²) >= 11 is 0. The fourth-order valence-corrected chi connectivity index (χ4v) is 0.533. The van der Waals surface area contributed by atoms with Gasteiger partial charge in [-0.2, -0.15) is 13.2 Å². The summed E-state index contributed by atoms with van der Waals surface area (Å²) in [6.45, 7) is -0.507. The standard InChI is InChI=1S/C6H7F3O3/c7-6(8,9)4(5(11)12)2-1-3-10/h2,10H,1,3H2,(H,11,12). The molecule has 0 bridgehead atoms. The van der Waals surface area contributed by atoms with Gasteiger partial charge < -0.3 is 10.2 Å². The summed E-state index contributed by atoms with van der Waals surface area (Å²) in [6.07, 6.45) is -4.73. The quantitative estimate of drug-likeness (QED) is 0.642. The highest BCUT2D eigenvalue weighted by molar-refractivity contribution is 5.87. The van der Waals surface area contributed by atoms with E-state index in [1.165, 1.54) is 0 Å². The number of hydrogen-bond acceptors (Lipinski definition) is 2. The monoisotopic (exact) mass is 184 g/mol. The van der Waals surface area contributed by atoms with Crippen molar-refractivity contribution in [1.29, 1.82) is 0 Å². The second kappa shape index (κ2) is 4.10. The summed E-state index contributed by atoms with van der Waals surface area (Å²) in [4.78, 5) is 9.98. The molecule has 12 heavy (non-hydrogen) atoms. The van der Waals surface area contributed by atoms with Crippen LogP contribution in [0.15, 0.2) is 11.6 Å². The van der Waals surface area contributed by atoms with Gasteiger partial charge in [0, 0.05) is 6.61 Å². The van der Waals surface area contributed by atoms with E-state index in [0.717, 1.165) is 0 Å². The van der Waals surface area contributed by atoms with Crippen molar-refractivity contribution >= 4 is 5.97 Å². The van der Waals surface area contributed by atoms with Crippen LogP contribution in [-0.4, -0.2) is 29.0 Å². The minimum absolute atomic E-state index is 0.318. The fraction of sp³-hybridized carbons (Fsp3) is 0.500. The van der Waals surface area contributed by atoms with Gasteiger partial charge in [-0.3, -0.25) is 0 Å². The molecule has 0 saturated heterocycles. The zero-order valence-corrected chi connectivity index (χ0v) is 5.93. The predicted octanol–water partition coefficient (Wildman–Crippen LogP) is 0.942. The van der Waals surface area contributed by atoms with Crippen LogP contribution < -0.4 is 0 Å². The Balaban J connectivity index is 4.56. The molecule has 70 valence electrons. The largest absolute Gasteiger partial charge is 0.478 e. The van der Waals surface area contributed by atoms with Crippen LogP contribution in [0.4, 0.5) is 13.2 Å². The predicted molar refractivity (Wildman–Crippen MR) is 33.5 cm³/mol. The van der Waals surface area contributed by atoms with Gasteiger partial charge in [-0.05, 0) is 6.42 Å². The van der Waals surface area contributed by atoms with E-state index >= 15 is 0 Å². The van der Waals surface area contributed by atoms with Crippen molar-refractivity contribution < 1.29 is 28.2 Å². The first-order chi connectivity index (χ1) is 5.39. The van der Waals surface area contributed by atoms with Gasteiger partial charge >= 0.3 is 12.1 Å². The van der Waals surface area contributed by atoms with E-state index in [-0.39, 0.29) is 6.42 Å². The molecule has 0 aromatic heterocycles. The first-order valence-electron chi connectivity index (χ1n) is 3.01. The Morgan fingerprint density at radius 1 is 1.42 bits per heavy atom. The molecule has 0 amide bonds. The van der Waals surface area contributed by atoms with E-state index in [1.807, 2.05) is 0 Å². The number of carboxylic acids is 1. The van der Waals surface area contributed by atoms with Gasteiger partial charge in [0.2, 0.25) is 0 Å². The maximum atomic E-state index is 11.8. The molecule has 0 aliphatic carbocycles. The van der Waals surface area contributed by atoms with E-state index < -0.39 is 24.3 Å². The highest BCUT2D eigenvalue weighted by Gasteiger charge is 2.38. The Morgan fingerprint density at radius 2 is 1.92 bits per heavy atom. The minimum Gasteiger partial charge on any atom is -0.478 e. The van der Waals surface area contributed by atoms with Crippen LogP contribution in [0.3, 0.4) is 0 Å². The molecule has 0 rings (SSSR count). The summed E-state index contributed by atoms with van der Waals surface area (Å²) in [5.74, 6) is -2.03. The third-order valence-corrected chi connectivity index (χ3v) is 1.01. The van der Waals surface area contributed by atoms with E-state index in [0.29, 0.717) is 6.08 Å². The molecule has 0 atom stereocenters. The van der Waals surface area contributed by atoms with Gasteiger partial charge in [-0.1, -0.05) is 6.08 Å². The molecule has 0 fully saturated rings. The zero-order chi connectivity index (χ0) is 9.78. The van der Waals surface area contributed by atoms with E-state index in [1.54, 1.807) is 0 Å². The van der Waals surface area contributed by atoms with Crippen LogP contribution in [-0.2, 0) is 4.79 Å². The van der Waals surface area contributed by atoms with Crippen molar-refractivity contribution in [3.05, 3.63) is 11.6 Å². The van der Waals surface area contributed by atoms with Gasteiger partial charge in [0.25, 0.3) is 0 Å². The Labute approximate surface area is 66.1 Å². The molecule has 0 unspecified atom stereocenters. The van der Waals surface area contributed by atoms with Crippen LogP contribution in [0, 0.1) is 0 Å². The van der Waals surface area contributed by atoms with Crippen molar-refractivity contribution in [2.24, 2.45) is 0 Å². The average molecular weight is 184 g/mol. The number of carboxylic acid groups (broad SMARTS) is 1. The van der Waals surface area contributed by atoms with Gasteiger partial charge in [0.1, 0.15) is 5.57 Å². The fourth-order valence-electron chi connectivity index (χ4n) is 0.533. The summed E-state index contributed by atoms with van der Waals surface area (Å²) in [7, 11) is 0. The number of aliphatic hydroxyl groups excluding tert-OH is 1. The number of aliphatic carboxylic acids is 1. The average Bonchev–Trinajstić information content (AvgIpc) is 1.84. The molecule has 0 heterocycles. The summed E-state index contributed by atoms with van der Waals surface area (Å²) in [6, 6.07) is 0. The van der Waals surface area contributed by atoms with Gasteiger partial charge in [-0.15, -0.1) is 0 Å². The van der Waals surface area contributed by atoms with Crippen LogP contribution in [0.1, 0.15) is 6.42 Å². The Morgan fingerprint density at radius 3 is 2.17 bits per heavy atom. The van der Waals surface area contributed by atoms with Crippen LogP contribution in [0.25, 0.3) is 0 Å². The lowest BCUT2D eigenvalue weighted by molar-refractivity contribution is -0.144. The van der Waals surface area contributed by atoms with Gasteiger partial charge in [-0.25, -0.2) is 4.79 Å². The number of hydrogen-bond donors (Lipinski definition) is 2. The number of carbonyl (C=O) groups is 1. The second-order valence-corrected chi connectivity index (χ2v) is 1.93. The summed E-state index contributed by atoms with van der Waals surface area (Å²) in [5, 5.41) is 16.2. The summed E-state index contributed by atoms with van der Waals surface area (Å²) in [5.41, 5.74) is -1.64. The number of alkyl halides is 3. The molecule has 2 N–H and O–H groups in total. The Hall–Kier alpha value is -1.04. The maximum Gasteiger partial charge on any atom is 0.423 e. The van der Waals surface area contributed by atoms with Crippen molar-refractivity contribution in [2.45, 2.75) is 12.6 Å². The lowest BCUT2D eigenvalue weighted by Crippen LogP contribution is -2.19. The maximum absolute atomic E-state index is 11.8. The van der Waals surface area contributed by atoms with Gasteiger partial charge in [0.15, 0.2) is 0 Å². The van der Waals surface area contributed by atoms with Crippen LogP contribution in [0.2, 0.25) is 0 Å². The van der Waals surface area contributed by atoms with E-state index in [9.17, 15) is 18.0 Å². The molecular weight excluding hydrogens is 177 g/mol. The van der Waals surface area contributed by atoms with Crippen molar-refractivity contribution in [3.8, 4) is 0 Å². The Bertz CT molecular complexity index is 195. The molecule has 0 radical (unpaired) electrons. The first-order valence-corrected chi connectivity index (χ1v) is 3.01. The molecular formula is C6H7F3O3. The van der Waals surface area contributed by atoms with E-state index in [4.69, 9.17) is 10.2 Å². The normalized spacial score (nSPS) is 13.2. The smallest absolute Gasteiger partial charge is 0.423 e. The van der Waals surface area contributed by atoms with Crippen molar-refractivity contribution in [3.63, 3.8) is 0 Å². The third-order valence-electron chi connectivity index (χ3n) is 1.01. The lowest BCUT2D eigenvalue weighted by atomic mass is 10.2. The van der Waals surface area contributed by atoms with E-state index in [2.05, 4.69) is 0 Å². The molecule has 0 aliphatic heterocycles. The topological polar surface area (TPSA) is 57.5 Å². The minimum atomic E-state index is -4.86.